The first-order chi connectivity index (χ1) is 8.23. The lowest BCUT2D eigenvalue weighted by Crippen LogP contribution is -2.66. The number of nitrogens with one attached hydrogen (secondary N) is 1. The molecule has 0 spiro atoms. The van der Waals surface area contributed by atoms with Gasteiger partial charge in [0, 0.05) is 29.9 Å². The molecule has 1 N–H and O–H groups in total. The van der Waals surface area contributed by atoms with Crippen molar-refractivity contribution in [3.05, 3.63) is 29.3 Å². The molecule has 0 saturated carbocycles. The molecular weight excluding hydrogens is 220 g/mol. The van der Waals surface area contributed by atoms with Gasteiger partial charge in [0.2, 0.25) is 0 Å². The molecule has 1 aromatic carbocycles. The topological polar surface area (TPSA) is 15.3 Å². The van der Waals surface area contributed by atoms with Gasteiger partial charge in [0.1, 0.15) is 0 Å². The summed E-state index contributed by atoms with van der Waals surface area (Å²) >= 11 is 0. The number of hydrogen-bond donors (Lipinski definition) is 1. The van der Waals surface area contributed by atoms with Gasteiger partial charge in [-0.05, 0) is 52.7 Å². The summed E-state index contributed by atoms with van der Waals surface area (Å²) in [7, 11) is 0. The standard InChI is InChI=1S/C16H26N2/c1-12-8-7-9-13(2)14(12)18-11-15(3,4)17-10-16(18,5)6/h7-9,17H,10-11H2,1-6H3. The molecule has 1 heterocycles. The Morgan fingerprint density at radius 1 is 1.06 bits per heavy atom. The molecule has 0 bridgehead atoms. The van der Waals surface area contributed by atoms with Gasteiger partial charge in [0.15, 0.2) is 0 Å². The number of para-hydroxylation sites is 1. The fourth-order valence-electron chi connectivity index (χ4n) is 2.83. The Bertz CT molecular complexity index is 426. The summed E-state index contributed by atoms with van der Waals surface area (Å²) in [5.74, 6) is 0. The minimum Gasteiger partial charge on any atom is -0.363 e. The van der Waals surface area contributed by atoms with Gasteiger partial charge in [-0.25, -0.2) is 0 Å². The zero-order chi connectivity index (χ0) is 13.6. The molecule has 1 saturated heterocycles. The van der Waals surface area contributed by atoms with Crippen molar-refractivity contribution in [2.45, 2.75) is 52.6 Å². The Morgan fingerprint density at radius 3 is 2.17 bits per heavy atom. The Balaban J connectivity index is 2.46. The molecule has 0 amide bonds. The highest BCUT2D eigenvalue weighted by atomic mass is 15.3. The third kappa shape index (κ3) is 2.39. The van der Waals surface area contributed by atoms with E-state index in [1.807, 2.05) is 0 Å². The molecular formula is C16H26N2. The molecule has 0 unspecified atom stereocenters. The second kappa shape index (κ2) is 4.27. The van der Waals surface area contributed by atoms with E-state index in [2.05, 4.69) is 70.0 Å². The monoisotopic (exact) mass is 246 g/mol. The summed E-state index contributed by atoms with van der Waals surface area (Å²) in [6.45, 7) is 15.7. The number of anilines is 1. The number of nitrogens with zero attached hydrogens (tertiary/aromatic N) is 1. The lowest BCUT2D eigenvalue weighted by molar-refractivity contribution is 0.260. The van der Waals surface area contributed by atoms with E-state index in [0.29, 0.717) is 0 Å². The molecule has 0 aromatic heterocycles. The zero-order valence-electron chi connectivity index (χ0n) is 12.6. The highest BCUT2D eigenvalue weighted by molar-refractivity contribution is 5.61. The second-order valence-corrected chi connectivity index (χ2v) is 6.88. The van der Waals surface area contributed by atoms with Crippen LogP contribution in [0, 0.1) is 13.8 Å². The summed E-state index contributed by atoms with van der Waals surface area (Å²) < 4.78 is 0. The van der Waals surface area contributed by atoms with E-state index in [4.69, 9.17) is 0 Å². The van der Waals surface area contributed by atoms with Crippen LogP contribution in [0.25, 0.3) is 0 Å². The summed E-state index contributed by atoms with van der Waals surface area (Å²) in [5, 5.41) is 3.65. The maximum absolute atomic E-state index is 3.65. The van der Waals surface area contributed by atoms with Gasteiger partial charge in [-0.2, -0.15) is 0 Å². The number of aryl methyl sites for hydroxylation is 2. The second-order valence-electron chi connectivity index (χ2n) is 6.88. The molecule has 2 nitrogen and oxygen atoms in total. The average molecular weight is 246 g/mol. The molecule has 0 atom stereocenters. The van der Waals surface area contributed by atoms with Crippen LogP contribution in [0.1, 0.15) is 38.8 Å². The third-order valence-electron chi connectivity index (χ3n) is 3.99. The third-order valence-corrected chi connectivity index (χ3v) is 3.99. The lowest BCUT2D eigenvalue weighted by atomic mass is 9.89. The Morgan fingerprint density at radius 2 is 1.61 bits per heavy atom. The van der Waals surface area contributed by atoms with E-state index >= 15 is 0 Å². The van der Waals surface area contributed by atoms with Crippen LogP contribution in [-0.4, -0.2) is 24.2 Å². The Kier molecular flexibility index (Phi) is 3.18. The summed E-state index contributed by atoms with van der Waals surface area (Å²) in [5.41, 5.74) is 4.50. The molecule has 0 radical (unpaired) electrons. The maximum Gasteiger partial charge on any atom is 0.0471 e. The Hall–Kier alpha value is -1.02. The summed E-state index contributed by atoms with van der Waals surface area (Å²) in [4.78, 5) is 2.58. The van der Waals surface area contributed by atoms with Gasteiger partial charge in [-0.3, -0.25) is 0 Å². The SMILES string of the molecule is Cc1cccc(C)c1N1CC(C)(C)NCC1(C)C. The molecule has 1 aliphatic rings. The van der Waals surface area contributed by atoms with Crippen LogP contribution in [0.15, 0.2) is 18.2 Å². The van der Waals surface area contributed by atoms with Crippen LogP contribution in [0.4, 0.5) is 5.69 Å². The molecule has 2 rings (SSSR count). The highest BCUT2D eigenvalue weighted by Crippen LogP contribution is 2.34. The van der Waals surface area contributed by atoms with Gasteiger partial charge in [-0.1, -0.05) is 18.2 Å². The first kappa shape index (κ1) is 13.4. The first-order valence-electron chi connectivity index (χ1n) is 6.82. The van der Waals surface area contributed by atoms with Crippen LogP contribution < -0.4 is 10.2 Å². The fraction of sp³-hybridized carbons (Fsp3) is 0.625. The fourth-order valence-corrected chi connectivity index (χ4v) is 2.83. The van der Waals surface area contributed by atoms with Gasteiger partial charge >= 0.3 is 0 Å². The molecule has 1 fully saturated rings. The van der Waals surface area contributed by atoms with Crippen molar-refractivity contribution in [3.63, 3.8) is 0 Å². The molecule has 18 heavy (non-hydrogen) atoms. The summed E-state index contributed by atoms with van der Waals surface area (Å²) in [6, 6.07) is 6.58. The molecule has 1 aromatic rings. The average Bonchev–Trinajstić information content (AvgIpc) is 2.23. The summed E-state index contributed by atoms with van der Waals surface area (Å²) in [6.07, 6.45) is 0. The largest absolute Gasteiger partial charge is 0.363 e. The zero-order valence-corrected chi connectivity index (χ0v) is 12.6. The number of hydrogen-bond acceptors (Lipinski definition) is 2. The van der Waals surface area contributed by atoms with Crippen molar-refractivity contribution in [1.29, 1.82) is 0 Å². The predicted molar refractivity (Wildman–Crippen MR) is 79.4 cm³/mol. The molecule has 2 heteroatoms. The van der Waals surface area contributed by atoms with Crippen LogP contribution >= 0.6 is 0 Å². The van der Waals surface area contributed by atoms with Gasteiger partial charge in [0.25, 0.3) is 0 Å². The van der Waals surface area contributed by atoms with Crippen molar-refractivity contribution in [2.24, 2.45) is 0 Å². The van der Waals surface area contributed by atoms with E-state index < -0.39 is 0 Å². The number of piperazine rings is 1. The lowest BCUT2D eigenvalue weighted by Gasteiger charge is -2.51. The molecule has 1 aliphatic heterocycles. The minimum absolute atomic E-state index is 0.159. The van der Waals surface area contributed by atoms with Crippen molar-refractivity contribution < 1.29 is 0 Å². The highest BCUT2D eigenvalue weighted by Gasteiger charge is 2.38. The quantitative estimate of drug-likeness (QED) is 0.818. The van der Waals surface area contributed by atoms with Crippen LogP contribution in [0.3, 0.4) is 0 Å². The minimum atomic E-state index is 0.159. The Labute approximate surface area is 111 Å². The van der Waals surface area contributed by atoms with Crippen molar-refractivity contribution >= 4 is 5.69 Å². The van der Waals surface area contributed by atoms with E-state index in [1.165, 1.54) is 16.8 Å². The van der Waals surface area contributed by atoms with Crippen LogP contribution in [-0.2, 0) is 0 Å². The van der Waals surface area contributed by atoms with Gasteiger partial charge in [0.05, 0.1) is 0 Å². The number of rotatable bonds is 1. The predicted octanol–water partition coefficient (Wildman–Crippen LogP) is 3.27. The molecule has 0 aliphatic carbocycles. The van der Waals surface area contributed by atoms with Crippen LogP contribution in [0.2, 0.25) is 0 Å². The smallest absolute Gasteiger partial charge is 0.0471 e. The van der Waals surface area contributed by atoms with E-state index in [9.17, 15) is 0 Å². The van der Waals surface area contributed by atoms with Crippen LogP contribution in [0.5, 0.6) is 0 Å². The normalized spacial score (nSPS) is 22.0. The first-order valence-corrected chi connectivity index (χ1v) is 6.82. The number of benzene rings is 1. The van der Waals surface area contributed by atoms with Gasteiger partial charge in [-0.15, -0.1) is 0 Å². The van der Waals surface area contributed by atoms with E-state index in [0.717, 1.165) is 13.1 Å². The van der Waals surface area contributed by atoms with E-state index in [1.54, 1.807) is 0 Å². The van der Waals surface area contributed by atoms with Crippen molar-refractivity contribution in [1.82, 2.24) is 5.32 Å². The van der Waals surface area contributed by atoms with Crippen molar-refractivity contribution in [2.75, 3.05) is 18.0 Å². The maximum atomic E-state index is 3.65. The molecule has 100 valence electrons. The van der Waals surface area contributed by atoms with Gasteiger partial charge < -0.3 is 10.2 Å². The van der Waals surface area contributed by atoms with E-state index in [-0.39, 0.29) is 11.1 Å². The van der Waals surface area contributed by atoms with Crippen molar-refractivity contribution in [3.8, 4) is 0 Å².